The third-order valence-corrected chi connectivity index (χ3v) is 4.54. The number of anilines is 1. The molecular weight excluding hydrogens is 350 g/mol. The fraction of sp³-hybridized carbons (Fsp3) is 0.300. The Bertz CT molecular complexity index is 749. The third-order valence-electron chi connectivity index (χ3n) is 4.54. The average Bonchev–Trinajstić information content (AvgIpc) is 2.64. The van der Waals surface area contributed by atoms with Crippen LogP contribution in [0.2, 0.25) is 0 Å². The molecule has 0 saturated carbocycles. The van der Waals surface area contributed by atoms with E-state index < -0.39 is 12.1 Å². The van der Waals surface area contributed by atoms with Crippen molar-refractivity contribution in [3.8, 4) is 0 Å². The van der Waals surface area contributed by atoms with Gasteiger partial charge in [-0.25, -0.2) is 0 Å². The SMILES string of the molecule is Cc1ccc(C(N)C(=O)NC2CCCN(c3ccccc3)C2=O)cc1.Cl. The van der Waals surface area contributed by atoms with Gasteiger partial charge in [0, 0.05) is 12.2 Å². The second-order valence-corrected chi connectivity index (χ2v) is 6.42. The topological polar surface area (TPSA) is 75.4 Å². The van der Waals surface area contributed by atoms with E-state index in [-0.39, 0.29) is 24.2 Å². The summed E-state index contributed by atoms with van der Waals surface area (Å²) in [6, 6.07) is 15.8. The highest BCUT2D eigenvalue weighted by molar-refractivity contribution is 6.00. The van der Waals surface area contributed by atoms with Crippen LogP contribution in [0.1, 0.15) is 30.0 Å². The van der Waals surface area contributed by atoms with Gasteiger partial charge in [-0.3, -0.25) is 9.59 Å². The first-order valence-electron chi connectivity index (χ1n) is 8.55. The maximum Gasteiger partial charge on any atom is 0.249 e. The first-order valence-corrected chi connectivity index (χ1v) is 8.55. The number of para-hydroxylation sites is 1. The largest absolute Gasteiger partial charge is 0.343 e. The number of piperidine rings is 1. The molecule has 1 aliphatic rings. The number of benzene rings is 2. The maximum absolute atomic E-state index is 12.7. The second-order valence-electron chi connectivity index (χ2n) is 6.42. The van der Waals surface area contributed by atoms with Gasteiger partial charge in [0.25, 0.3) is 0 Å². The Morgan fingerprint density at radius 2 is 1.81 bits per heavy atom. The summed E-state index contributed by atoms with van der Waals surface area (Å²) in [7, 11) is 0. The number of carbonyl (C=O) groups is 2. The number of amides is 2. The Kier molecular flexibility index (Phi) is 6.77. The lowest BCUT2D eigenvalue weighted by Crippen LogP contribution is -2.54. The van der Waals surface area contributed by atoms with Crippen LogP contribution in [0.5, 0.6) is 0 Å². The van der Waals surface area contributed by atoms with Crippen molar-refractivity contribution in [2.75, 3.05) is 11.4 Å². The molecule has 2 aromatic rings. The molecule has 0 spiro atoms. The molecule has 2 unspecified atom stereocenters. The van der Waals surface area contributed by atoms with Gasteiger partial charge in [-0.15, -0.1) is 12.4 Å². The summed E-state index contributed by atoms with van der Waals surface area (Å²) in [5.41, 5.74) is 8.77. The Morgan fingerprint density at radius 1 is 1.15 bits per heavy atom. The molecule has 3 rings (SSSR count). The molecule has 0 radical (unpaired) electrons. The van der Waals surface area contributed by atoms with Gasteiger partial charge < -0.3 is 16.0 Å². The van der Waals surface area contributed by atoms with Crippen LogP contribution in [-0.2, 0) is 9.59 Å². The fourth-order valence-corrected chi connectivity index (χ4v) is 3.06. The minimum atomic E-state index is -0.777. The molecular formula is C20H24ClN3O2. The van der Waals surface area contributed by atoms with Gasteiger partial charge >= 0.3 is 0 Å². The lowest BCUT2D eigenvalue weighted by atomic mass is 10.0. The van der Waals surface area contributed by atoms with E-state index >= 15 is 0 Å². The Morgan fingerprint density at radius 3 is 2.46 bits per heavy atom. The molecule has 1 aliphatic heterocycles. The zero-order chi connectivity index (χ0) is 17.8. The van der Waals surface area contributed by atoms with E-state index in [0.29, 0.717) is 13.0 Å². The van der Waals surface area contributed by atoms with E-state index in [2.05, 4.69) is 5.32 Å². The fourth-order valence-electron chi connectivity index (χ4n) is 3.06. The van der Waals surface area contributed by atoms with E-state index in [1.807, 2.05) is 61.5 Å². The molecule has 2 atom stereocenters. The van der Waals surface area contributed by atoms with Crippen LogP contribution in [0, 0.1) is 6.92 Å². The van der Waals surface area contributed by atoms with Crippen molar-refractivity contribution in [3.05, 3.63) is 65.7 Å². The van der Waals surface area contributed by atoms with Crippen LogP contribution < -0.4 is 16.0 Å². The highest BCUT2D eigenvalue weighted by Crippen LogP contribution is 2.21. The molecule has 6 heteroatoms. The lowest BCUT2D eigenvalue weighted by molar-refractivity contribution is -0.129. The van der Waals surface area contributed by atoms with Gasteiger partial charge in [-0.1, -0.05) is 48.0 Å². The number of rotatable bonds is 4. The highest BCUT2D eigenvalue weighted by atomic mass is 35.5. The molecule has 26 heavy (non-hydrogen) atoms. The van der Waals surface area contributed by atoms with Crippen LogP contribution in [0.25, 0.3) is 0 Å². The molecule has 2 amide bonds. The molecule has 2 aromatic carbocycles. The average molecular weight is 374 g/mol. The second kappa shape index (κ2) is 8.83. The van der Waals surface area contributed by atoms with Crippen molar-refractivity contribution in [1.29, 1.82) is 0 Å². The Balaban J connectivity index is 0.00000243. The van der Waals surface area contributed by atoms with Crippen LogP contribution in [0.3, 0.4) is 0 Å². The summed E-state index contributed by atoms with van der Waals surface area (Å²) in [5.74, 6) is -0.404. The maximum atomic E-state index is 12.7. The quantitative estimate of drug-likeness (QED) is 0.865. The Labute approximate surface area is 160 Å². The molecule has 1 fully saturated rings. The number of hydrogen-bond donors (Lipinski definition) is 2. The number of nitrogens with zero attached hydrogens (tertiary/aromatic N) is 1. The van der Waals surface area contributed by atoms with E-state index in [0.717, 1.165) is 23.2 Å². The summed E-state index contributed by atoms with van der Waals surface area (Å²) in [5, 5.41) is 2.83. The number of hydrogen-bond acceptors (Lipinski definition) is 3. The zero-order valence-corrected chi connectivity index (χ0v) is 15.5. The first-order chi connectivity index (χ1) is 12.1. The van der Waals surface area contributed by atoms with Gasteiger partial charge in [-0.05, 0) is 37.5 Å². The molecule has 1 saturated heterocycles. The van der Waals surface area contributed by atoms with Gasteiger partial charge in [0.2, 0.25) is 11.8 Å². The van der Waals surface area contributed by atoms with Crippen molar-refractivity contribution in [2.45, 2.75) is 31.8 Å². The van der Waals surface area contributed by atoms with Crippen LogP contribution >= 0.6 is 12.4 Å². The Hall–Kier alpha value is -2.37. The van der Waals surface area contributed by atoms with E-state index in [4.69, 9.17) is 5.73 Å². The summed E-state index contributed by atoms with van der Waals surface area (Å²) in [6.45, 7) is 2.65. The highest BCUT2D eigenvalue weighted by Gasteiger charge is 2.32. The van der Waals surface area contributed by atoms with Gasteiger partial charge in [-0.2, -0.15) is 0 Å². The zero-order valence-electron chi connectivity index (χ0n) is 14.7. The molecule has 1 heterocycles. The van der Waals surface area contributed by atoms with Crippen molar-refractivity contribution < 1.29 is 9.59 Å². The number of nitrogens with two attached hydrogens (primary N) is 1. The summed E-state index contributed by atoms with van der Waals surface area (Å²) < 4.78 is 0. The number of carbonyl (C=O) groups excluding carboxylic acids is 2. The third kappa shape index (κ3) is 4.42. The minimum absolute atomic E-state index is 0. The molecule has 0 bridgehead atoms. The molecule has 138 valence electrons. The van der Waals surface area contributed by atoms with Crippen LogP contribution in [0.15, 0.2) is 54.6 Å². The standard InChI is InChI=1S/C20H23N3O2.ClH/c1-14-9-11-15(12-10-14)18(21)19(24)22-17-8-5-13-23(20(17)25)16-6-3-2-4-7-16;/h2-4,6-7,9-12,17-18H,5,8,13,21H2,1H3,(H,22,24);1H. The summed E-state index contributed by atoms with van der Waals surface area (Å²) >= 11 is 0. The van der Waals surface area contributed by atoms with Gasteiger partial charge in [0.1, 0.15) is 12.1 Å². The first kappa shape index (κ1) is 19.9. The molecule has 0 aliphatic carbocycles. The summed E-state index contributed by atoms with van der Waals surface area (Å²) in [6.07, 6.45) is 1.47. The monoisotopic (exact) mass is 373 g/mol. The van der Waals surface area contributed by atoms with E-state index in [1.165, 1.54) is 0 Å². The molecule has 0 aromatic heterocycles. The van der Waals surface area contributed by atoms with Crippen LogP contribution in [0.4, 0.5) is 5.69 Å². The smallest absolute Gasteiger partial charge is 0.249 e. The minimum Gasteiger partial charge on any atom is -0.343 e. The van der Waals surface area contributed by atoms with Gasteiger partial charge in [0.15, 0.2) is 0 Å². The van der Waals surface area contributed by atoms with E-state index in [9.17, 15) is 9.59 Å². The number of nitrogens with one attached hydrogen (secondary N) is 1. The predicted octanol–water partition coefficient (Wildman–Crippen LogP) is 2.73. The molecule has 5 nitrogen and oxygen atoms in total. The van der Waals surface area contributed by atoms with Crippen molar-refractivity contribution >= 4 is 29.9 Å². The summed E-state index contributed by atoms with van der Waals surface area (Å²) in [4.78, 5) is 26.9. The lowest BCUT2D eigenvalue weighted by Gasteiger charge is -2.33. The van der Waals surface area contributed by atoms with Gasteiger partial charge in [0.05, 0.1) is 0 Å². The van der Waals surface area contributed by atoms with Crippen molar-refractivity contribution in [1.82, 2.24) is 5.32 Å². The normalized spacial score (nSPS) is 18.0. The number of halogens is 1. The van der Waals surface area contributed by atoms with Crippen molar-refractivity contribution in [2.24, 2.45) is 5.73 Å². The molecule has 3 N–H and O–H groups in total. The van der Waals surface area contributed by atoms with Crippen molar-refractivity contribution in [3.63, 3.8) is 0 Å². The number of aryl methyl sites for hydroxylation is 1. The van der Waals surface area contributed by atoms with Crippen LogP contribution in [-0.4, -0.2) is 24.4 Å². The van der Waals surface area contributed by atoms with E-state index in [1.54, 1.807) is 4.90 Å². The predicted molar refractivity (Wildman–Crippen MR) is 105 cm³/mol.